The molecule has 0 saturated carbocycles. The molecule has 0 aliphatic carbocycles. The Labute approximate surface area is 192 Å². The molecule has 4 rings (SSSR count). The predicted octanol–water partition coefficient (Wildman–Crippen LogP) is 5.46. The molecule has 0 radical (unpaired) electrons. The van der Waals surface area contributed by atoms with Gasteiger partial charge in [-0.2, -0.15) is 13.2 Å². The van der Waals surface area contributed by atoms with Gasteiger partial charge in [-0.05, 0) is 42.0 Å². The number of nitrogens with zero attached hydrogens (tertiary/aromatic N) is 4. The van der Waals surface area contributed by atoms with Crippen molar-refractivity contribution >= 4 is 21.4 Å². The number of hydrogen-bond acceptors (Lipinski definition) is 5. The van der Waals surface area contributed by atoms with Gasteiger partial charge in [0.2, 0.25) is 0 Å². The highest BCUT2D eigenvalue weighted by molar-refractivity contribution is 7.91. The van der Waals surface area contributed by atoms with Crippen LogP contribution in [0, 0.1) is 0 Å². The van der Waals surface area contributed by atoms with Crippen molar-refractivity contribution < 1.29 is 21.6 Å². The van der Waals surface area contributed by atoms with E-state index in [0.29, 0.717) is 10.6 Å². The lowest BCUT2D eigenvalue weighted by atomic mass is 10.1. The predicted molar refractivity (Wildman–Crippen MR) is 118 cm³/mol. The molecule has 2 aromatic heterocycles. The fourth-order valence-corrected chi connectivity index (χ4v) is 4.35. The average molecular weight is 493 g/mol. The lowest BCUT2D eigenvalue weighted by Gasteiger charge is -2.10. The molecule has 0 saturated heterocycles. The number of benzene rings is 2. The van der Waals surface area contributed by atoms with E-state index in [-0.39, 0.29) is 27.7 Å². The molecule has 0 aliphatic heterocycles. The summed E-state index contributed by atoms with van der Waals surface area (Å²) in [6.07, 6.45) is -1.67. The van der Waals surface area contributed by atoms with Gasteiger partial charge >= 0.3 is 6.18 Å². The summed E-state index contributed by atoms with van der Waals surface area (Å²) in [5.74, 6) is -0.173. The van der Waals surface area contributed by atoms with Crippen LogP contribution in [0.2, 0.25) is 5.02 Å². The Morgan fingerprint density at radius 2 is 1.76 bits per heavy atom. The minimum Gasteiger partial charge on any atom is -0.252 e. The normalized spacial score (nSPS) is 12.2. The molecule has 11 heteroatoms. The zero-order valence-corrected chi connectivity index (χ0v) is 18.7. The van der Waals surface area contributed by atoms with Gasteiger partial charge < -0.3 is 0 Å². The Kier molecular flexibility index (Phi) is 5.98. The summed E-state index contributed by atoms with van der Waals surface area (Å²) in [5.41, 5.74) is 0.749. The Morgan fingerprint density at radius 1 is 1.03 bits per heavy atom. The average Bonchev–Trinajstić information content (AvgIpc) is 3.29. The molecule has 4 aromatic rings. The summed E-state index contributed by atoms with van der Waals surface area (Å²) in [7, 11) is -3.71. The summed E-state index contributed by atoms with van der Waals surface area (Å²) >= 11 is 5.93. The topological polar surface area (TPSA) is 77.7 Å². The first-order valence-corrected chi connectivity index (χ1v) is 11.7. The highest BCUT2D eigenvalue weighted by atomic mass is 35.5. The zero-order chi connectivity index (χ0) is 23.8. The molecule has 0 spiro atoms. The Bertz CT molecular complexity index is 1420. The maximum absolute atomic E-state index is 13.0. The van der Waals surface area contributed by atoms with Crippen molar-refractivity contribution in [2.45, 2.75) is 18.0 Å². The third-order valence-electron chi connectivity index (χ3n) is 4.92. The van der Waals surface area contributed by atoms with E-state index in [0.717, 1.165) is 22.4 Å². The zero-order valence-electron chi connectivity index (χ0n) is 17.1. The summed E-state index contributed by atoms with van der Waals surface area (Å²) in [6, 6.07) is 12.9. The number of alkyl halides is 3. The standard InChI is InChI=1S/C22H16ClF3N4O2S/c1-2-33(31,32)20-10-15(14-6-8-17(23)9-7-14)12-27-21(20)19-13-30(29-28-19)18-5-3-4-16(11-18)22(24,25)26/h3-13H,2H2,1H3. The van der Waals surface area contributed by atoms with Crippen LogP contribution in [-0.4, -0.2) is 34.1 Å². The lowest BCUT2D eigenvalue weighted by molar-refractivity contribution is -0.137. The van der Waals surface area contributed by atoms with Crippen LogP contribution in [0.3, 0.4) is 0 Å². The molecule has 33 heavy (non-hydrogen) atoms. The summed E-state index contributed by atoms with van der Waals surface area (Å²) in [6.45, 7) is 1.51. The second-order valence-corrected chi connectivity index (χ2v) is 9.76. The van der Waals surface area contributed by atoms with Crippen LogP contribution < -0.4 is 0 Å². The lowest BCUT2D eigenvalue weighted by Crippen LogP contribution is -2.07. The van der Waals surface area contributed by atoms with E-state index in [1.165, 1.54) is 37.5 Å². The van der Waals surface area contributed by atoms with Crippen molar-refractivity contribution in [1.82, 2.24) is 20.0 Å². The molecule has 0 amide bonds. The SMILES string of the molecule is CCS(=O)(=O)c1cc(-c2ccc(Cl)cc2)cnc1-c1cn(-c2cccc(C(F)(F)F)c2)nn1. The van der Waals surface area contributed by atoms with Crippen LogP contribution in [0.15, 0.2) is 71.9 Å². The number of halogens is 4. The minimum absolute atomic E-state index is 0.0476. The fourth-order valence-electron chi connectivity index (χ4n) is 3.15. The third kappa shape index (κ3) is 4.76. The van der Waals surface area contributed by atoms with Gasteiger partial charge in [0.15, 0.2) is 9.84 Å². The number of aromatic nitrogens is 4. The van der Waals surface area contributed by atoms with Gasteiger partial charge in [0, 0.05) is 16.8 Å². The van der Waals surface area contributed by atoms with Gasteiger partial charge in [0.1, 0.15) is 11.4 Å². The first-order valence-electron chi connectivity index (χ1n) is 9.67. The van der Waals surface area contributed by atoms with Crippen molar-refractivity contribution in [2.75, 3.05) is 5.75 Å². The van der Waals surface area contributed by atoms with E-state index >= 15 is 0 Å². The van der Waals surface area contributed by atoms with Gasteiger partial charge in [-0.25, -0.2) is 13.1 Å². The molecule has 6 nitrogen and oxygen atoms in total. The van der Waals surface area contributed by atoms with Crippen LogP contribution in [0.4, 0.5) is 13.2 Å². The third-order valence-corrected chi connectivity index (χ3v) is 6.91. The van der Waals surface area contributed by atoms with Crippen molar-refractivity contribution in [1.29, 1.82) is 0 Å². The smallest absolute Gasteiger partial charge is 0.252 e. The number of sulfone groups is 1. The van der Waals surface area contributed by atoms with Crippen molar-refractivity contribution in [2.24, 2.45) is 0 Å². The molecule has 0 bridgehead atoms. The molecule has 2 heterocycles. The molecular formula is C22H16ClF3N4O2S. The van der Waals surface area contributed by atoms with Crippen LogP contribution in [0.25, 0.3) is 28.2 Å². The summed E-state index contributed by atoms with van der Waals surface area (Å²) in [4.78, 5) is 4.27. The van der Waals surface area contributed by atoms with E-state index in [9.17, 15) is 21.6 Å². The second-order valence-electron chi connectivity index (χ2n) is 7.08. The van der Waals surface area contributed by atoms with Gasteiger partial charge in [0.25, 0.3) is 0 Å². The van der Waals surface area contributed by atoms with E-state index in [4.69, 9.17) is 11.6 Å². The van der Waals surface area contributed by atoms with Crippen LogP contribution in [-0.2, 0) is 16.0 Å². The first-order chi connectivity index (χ1) is 15.6. The molecule has 0 aliphatic rings. The molecule has 0 unspecified atom stereocenters. The quantitative estimate of drug-likeness (QED) is 0.369. The summed E-state index contributed by atoms with van der Waals surface area (Å²) < 4.78 is 65.9. The van der Waals surface area contributed by atoms with Gasteiger partial charge in [-0.3, -0.25) is 4.98 Å². The molecular weight excluding hydrogens is 477 g/mol. The Hall–Kier alpha value is -3.24. The van der Waals surface area contributed by atoms with Crippen molar-refractivity contribution in [3.8, 4) is 28.2 Å². The first kappa shape index (κ1) is 22.9. The Morgan fingerprint density at radius 3 is 2.42 bits per heavy atom. The largest absolute Gasteiger partial charge is 0.416 e. The van der Waals surface area contributed by atoms with E-state index in [1.807, 2.05) is 0 Å². The number of rotatable bonds is 5. The number of pyridine rings is 1. The second kappa shape index (κ2) is 8.60. The van der Waals surface area contributed by atoms with Crippen LogP contribution >= 0.6 is 11.6 Å². The summed E-state index contributed by atoms with van der Waals surface area (Å²) in [5, 5.41) is 8.38. The Balaban J connectivity index is 1.80. The van der Waals surface area contributed by atoms with Crippen molar-refractivity contribution in [3.05, 3.63) is 77.6 Å². The monoisotopic (exact) mass is 492 g/mol. The van der Waals surface area contributed by atoms with Gasteiger partial charge in [0.05, 0.1) is 28.1 Å². The van der Waals surface area contributed by atoms with Crippen molar-refractivity contribution in [3.63, 3.8) is 0 Å². The van der Waals surface area contributed by atoms with Gasteiger partial charge in [-0.1, -0.05) is 41.9 Å². The molecule has 170 valence electrons. The highest BCUT2D eigenvalue weighted by Crippen LogP contribution is 2.32. The van der Waals surface area contributed by atoms with E-state index < -0.39 is 21.6 Å². The maximum atomic E-state index is 13.0. The maximum Gasteiger partial charge on any atom is 0.416 e. The van der Waals surface area contributed by atoms with E-state index in [1.54, 1.807) is 24.3 Å². The fraction of sp³-hybridized carbons (Fsp3) is 0.136. The minimum atomic E-state index is -4.51. The molecule has 2 aromatic carbocycles. The number of hydrogen-bond donors (Lipinski definition) is 0. The van der Waals surface area contributed by atoms with Crippen LogP contribution in [0.5, 0.6) is 0 Å². The molecule has 0 atom stereocenters. The molecule has 0 N–H and O–H groups in total. The highest BCUT2D eigenvalue weighted by Gasteiger charge is 2.30. The van der Waals surface area contributed by atoms with Gasteiger partial charge in [-0.15, -0.1) is 5.10 Å². The van der Waals surface area contributed by atoms with E-state index in [2.05, 4.69) is 15.3 Å². The molecule has 0 fully saturated rings. The van der Waals surface area contributed by atoms with Crippen LogP contribution in [0.1, 0.15) is 12.5 Å².